The minimum absolute atomic E-state index is 0.201. The molecule has 1 aliphatic carbocycles. The molecule has 1 heterocycles. The third-order valence-corrected chi connectivity index (χ3v) is 6.62. The maximum Gasteiger partial charge on any atom is 0.305 e. The molecule has 0 aromatic carbocycles. The van der Waals surface area contributed by atoms with Gasteiger partial charge in [-0.25, -0.2) is 0 Å². The Morgan fingerprint density at radius 3 is 2.65 bits per heavy atom. The van der Waals surface area contributed by atoms with Crippen molar-refractivity contribution >= 4 is 44.8 Å². The molecular formula is C14H19BrClNO2S. The molecule has 0 atom stereocenters. The minimum atomic E-state index is -0.704. The van der Waals surface area contributed by atoms with Crippen LogP contribution < -0.4 is 0 Å². The topological polar surface area (TPSA) is 40.5 Å². The van der Waals surface area contributed by atoms with E-state index in [9.17, 15) is 9.90 Å². The van der Waals surface area contributed by atoms with Crippen molar-refractivity contribution in [2.45, 2.75) is 50.6 Å². The van der Waals surface area contributed by atoms with Gasteiger partial charge in [0.15, 0.2) is 0 Å². The molecule has 3 nitrogen and oxygen atoms in total. The SMILES string of the molecule is CN(Cc1cc(Br)c(Cl)s1)C1(CC(=O)O)CCCCC1. The van der Waals surface area contributed by atoms with Crippen LogP contribution in [0.25, 0.3) is 0 Å². The van der Waals surface area contributed by atoms with Gasteiger partial charge in [0.2, 0.25) is 0 Å². The standard InChI is InChI=1S/C14H19BrClNO2S/c1-17(9-10-7-11(15)13(16)20-10)14(8-12(18)19)5-3-2-4-6-14/h7H,2-6,8-9H2,1H3,(H,18,19). The Morgan fingerprint density at radius 2 is 2.15 bits per heavy atom. The molecule has 0 unspecified atom stereocenters. The first-order chi connectivity index (χ1) is 9.43. The van der Waals surface area contributed by atoms with E-state index >= 15 is 0 Å². The molecule has 0 aliphatic heterocycles. The summed E-state index contributed by atoms with van der Waals surface area (Å²) in [6.07, 6.45) is 5.61. The van der Waals surface area contributed by atoms with E-state index in [1.807, 2.05) is 13.1 Å². The summed E-state index contributed by atoms with van der Waals surface area (Å²) in [5, 5.41) is 9.24. The number of carbonyl (C=O) groups is 1. The number of halogens is 2. The van der Waals surface area contributed by atoms with Gasteiger partial charge in [-0.3, -0.25) is 9.69 Å². The highest BCUT2D eigenvalue weighted by Crippen LogP contribution is 2.38. The summed E-state index contributed by atoms with van der Waals surface area (Å²) >= 11 is 11.1. The summed E-state index contributed by atoms with van der Waals surface area (Å²) in [5.41, 5.74) is -0.201. The molecule has 2 rings (SSSR count). The molecule has 6 heteroatoms. The van der Waals surface area contributed by atoms with Crippen LogP contribution in [-0.4, -0.2) is 28.6 Å². The summed E-state index contributed by atoms with van der Waals surface area (Å²) in [6.45, 7) is 0.753. The molecule has 0 spiro atoms. The van der Waals surface area contributed by atoms with Gasteiger partial charge < -0.3 is 5.11 Å². The van der Waals surface area contributed by atoms with Gasteiger partial charge in [0, 0.05) is 21.4 Å². The van der Waals surface area contributed by atoms with Crippen molar-refractivity contribution in [1.82, 2.24) is 4.90 Å². The zero-order valence-electron chi connectivity index (χ0n) is 11.5. The molecule has 1 N–H and O–H groups in total. The molecule has 1 fully saturated rings. The third kappa shape index (κ3) is 3.75. The maximum absolute atomic E-state index is 11.2. The van der Waals surface area contributed by atoms with Crippen molar-refractivity contribution in [3.05, 3.63) is 19.8 Å². The molecule has 0 bridgehead atoms. The molecule has 1 aromatic rings. The molecule has 112 valence electrons. The number of carboxylic acids is 1. The Kier molecular flexibility index (Phi) is 5.51. The van der Waals surface area contributed by atoms with E-state index in [1.54, 1.807) is 11.3 Å². The molecule has 1 aliphatic rings. The van der Waals surface area contributed by atoms with Gasteiger partial charge in [0.1, 0.15) is 4.34 Å². The lowest BCUT2D eigenvalue weighted by atomic mass is 9.78. The van der Waals surface area contributed by atoms with Crippen LogP contribution in [0.4, 0.5) is 0 Å². The van der Waals surface area contributed by atoms with Crippen molar-refractivity contribution in [3.8, 4) is 0 Å². The van der Waals surface area contributed by atoms with Gasteiger partial charge in [-0.15, -0.1) is 11.3 Å². The Bertz CT molecular complexity index is 466. The lowest BCUT2D eigenvalue weighted by molar-refractivity contribution is -0.141. The molecule has 1 aromatic heterocycles. The van der Waals surface area contributed by atoms with Crippen LogP contribution in [0.3, 0.4) is 0 Å². The zero-order chi connectivity index (χ0) is 14.8. The second kappa shape index (κ2) is 6.77. The highest BCUT2D eigenvalue weighted by Gasteiger charge is 2.38. The van der Waals surface area contributed by atoms with Gasteiger partial charge >= 0.3 is 5.97 Å². The lowest BCUT2D eigenvalue weighted by Crippen LogP contribution is -2.48. The predicted molar refractivity (Wildman–Crippen MR) is 86.6 cm³/mol. The highest BCUT2D eigenvalue weighted by atomic mass is 79.9. The third-order valence-electron chi connectivity index (χ3n) is 4.16. The molecule has 20 heavy (non-hydrogen) atoms. The van der Waals surface area contributed by atoms with Crippen molar-refractivity contribution in [2.24, 2.45) is 0 Å². The van der Waals surface area contributed by atoms with E-state index in [2.05, 4.69) is 20.8 Å². The minimum Gasteiger partial charge on any atom is -0.481 e. The molecule has 1 saturated carbocycles. The van der Waals surface area contributed by atoms with Crippen molar-refractivity contribution < 1.29 is 9.90 Å². The van der Waals surface area contributed by atoms with Gasteiger partial charge in [-0.05, 0) is 41.9 Å². The van der Waals surface area contributed by atoms with Crippen LogP contribution in [0.5, 0.6) is 0 Å². The van der Waals surface area contributed by atoms with Gasteiger partial charge in [0.05, 0.1) is 6.42 Å². The molecule has 0 saturated heterocycles. The first-order valence-corrected chi connectivity index (χ1v) is 8.78. The molecular weight excluding hydrogens is 362 g/mol. The van der Waals surface area contributed by atoms with E-state index in [1.165, 1.54) is 11.3 Å². The number of nitrogens with zero attached hydrogens (tertiary/aromatic N) is 1. The van der Waals surface area contributed by atoms with Crippen LogP contribution in [-0.2, 0) is 11.3 Å². The van der Waals surface area contributed by atoms with Crippen LogP contribution >= 0.6 is 38.9 Å². The summed E-state index contributed by atoms with van der Waals surface area (Å²) in [6, 6.07) is 2.03. The Labute approximate surface area is 137 Å². The fourth-order valence-electron chi connectivity index (χ4n) is 3.06. The number of aliphatic carboxylic acids is 1. The lowest BCUT2D eigenvalue weighted by Gasteiger charge is -2.43. The smallest absolute Gasteiger partial charge is 0.305 e. The first kappa shape index (κ1) is 16.3. The van der Waals surface area contributed by atoms with Crippen molar-refractivity contribution in [3.63, 3.8) is 0 Å². The number of carboxylic acid groups (broad SMARTS) is 1. The van der Waals surface area contributed by atoms with Crippen LogP contribution in [0.1, 0.15) is 43.4 Å². The van der Waals surface area contributed by atoms with Crippen LogP contribution in [0, 0.1) is 0 Å². The van der Waals surface area contributed by atoms with E-state index in [0.29, 0.717) is 0 Å². The summed E-state index contributed by atoms with van der Waals surface area (Å²) in [7, 11) is 2.04. The Balaban J connectivity index is 2.13. The zero-order valence-corrected chi connectivity index (χ0v) is 14.7. The van der Waals surface area contributed by atoms with Crippen molar-refractivity contribution in [2.75, 3.05) is 7.05 Å². The maximum atomic E-state index is 11.2. The Morgan fingerprint density at radius 1 is 1.50 bits per heavy atom. The second-order valence-corrected chi connectivity index (χ2v) is 8.14. The number of thiophene rings is 1. The van der Waals surface area contributed by atoms with E-state index in [4.69, 9.17) is 11.6 Å². The summed E-state index contributed by atoms with van der Waals surface area (Å²) < 4.78 is 1.67. The summed E-state index contributed by atoms with van der Waals surface area (Å²) in [4.78, 5) is 14.6. The fraction of sp³-hybridized carbons (Fsp3) is 0.643. The monoisotopic (exact) mass is 379 g/mol. The van der Waals surface area contributed by atoms with E-state index < -0.39 is 5.97 Å². The van der Waals surface area contributed by atoms with E-state index in [0.717, 1.165) is 41.0 Å². The van der Waals surface area contributed by atoms with Crippen LogP contribution in [0.2, 0.25) is 4.34 Å². The number of hydrogen-bond acceptors (Lipinski definition) is 3. The number of hydrogen-bond donors (Lipinski definition) is 1. The highest BCUT2D eigenvalue weighted by molar-refractivity contribution is 9.10. The quantitative estimate of drug-likeness (QED) is 0.799. The largest absolute Gasteiger partial charge is 0.481 e. The van der Waals surface area contributed by atoms with Gasteiger partial charge in [-0.1, -0.05) is 30.9 Å². The van der Waals surface area contributed by atoms with Crippen molar-refractivity contribution in [1.29, 1.82) is 0 Å². The fourth-order valence-corrected chi connectivity index (χ4v) is 4.90. The normalized spacial score (nSPS) is 18.4. The summed E-state index contributed by atoms with van der Waals surface area (Å²) in [5.74, 6) is -0.704. The van der Waals surface area contributed by atoms with Gasteiger partial charge in [-0.2, -0.15) is 0 Å². The van der Waals surface area contributed by atoms with Gasteiger partial charge in [0.25, 0.3) is 0 Å². The average Bonchev–Trinajstić information content (AvgIpc) is 2.68. The number of rotatable bonds is 5. The van der Waals surface area contributed by atoms with Crippen LogP contribution in [0.15, 0.2) is 10.5 Å². The average molecular weight is 381 g/mol. The molecule has 0 amide bonds. The van der Waals surface area contributed by atoms with E-state index in [-0.39, 0.29) is 12.0 Å². The first-order valence-electron chi connectivity index (χ1n) is 6.80. The Hall–Kier alpha value is -0.100. The molecule has 0 radical (unpaired) electrons. The second-order valence-electron chi connectivity index (χ2n) is 5.55. The predicted octanol–water partition coefficient (Wildman–Crippen LogP) is 4.77.